The SMILES string of the molecule is CCC(C)(C)CC=C(Br)C(=O)O. The highest BCUT2D eigenvalue weighted by molar-refractivity contribution is 9.12. The summed E-state index contributed by atoms with van der Waals surface area (Å²) in [6, 6.07) is 0. The number of rotatable bonds is 4. The topological polar surface area (TPSA) is 37.3 Å². The fourth-order valence-electron chi connectivity index (χ4n) is 0.598. The fourth-order valence-corrected chi connectivity index (χ4v) is 0.759. The minimum absolute atomic E-state index is 0.189. The quantitative estimate of drug-likeness (QED) is 0.760. The second kappa shape index (κ2) is 4.65. The molecule has 0 aromatic carbocycles. The Kier molecular flexibility index (Phi) is 4.53. The van der Waals surface area contributed by atoms with Gasteiger partial charge in [-0.1, -0.05) is 33.3 Å². The third kappa shape index (κ3) is 4.54. The molecule has 0 unspecified atom stereocenters. The van der Waals surface area contributed by atoms with Crippen molar-refractivity contribution in [2.45, 2.75) is 33.6 Å². The number of hydrogen-bond donors (Lipinski definition) is 1. The smallest absolute Gasteiger partial charge is 0.342 e. The predicted molar refractivity (Wildman–Crippen MR) is 53.3 cm³/mol. The van der Waals surface area contributed by atoms with Crippen LogP contribution in [0.5, 0.6) is 0 Å². The molecule has 0 fully saturated rings. The lowest BCUT2D eigenvalue weighted by atomic mass is 9.86. The van der Waals surface area contributed by atoms with Gasteiger partial charge in [-0.15, -0.1) is 0 Å². The van der Waals surface area contributed by atoms with Gasteiger partial charge in [-0.3, -0.25) is 0 Å². The summed E-state index contributed by atoms with van der Waals surface area (Å²) in [5.41, 5.74) is 0.189. The number of carboxylic acids is 1. The van der Waals surface area contributed by atoms with E-state index in [1.165, 1.54) is 0 Å². The fraction of sp³-hybridized carbons (Fsp3) is 0.667. The van der Waals surface area contributed by atoms with Gasteiger partial charge in [-0.05, 0) is 27.8 Å². The number of allylic oxidation sites excluding steroid dienone is 1. The first-order valence-corrected chi connectivity index (χ1v) is 4.77. The van der Waals surface area contributed by atoms with Gasteiger partial charge in [0.2, 0.25) is 0 Å². The maximum Gasteiger partial charge on any atom is 0.342 e. The van der Waals surface area contributed by atoms with Crippen LogP contribution in [0.15, 0.2) is 10.6 Å². The van der Waals surface area contributed by atoms with Gasteiger partial charge >= 0.3 is 5.97 Å². The summed E-state index contributed by atoms with van der Waals surface area (Å²) in [7, 11) is 0. The van der Waals surface area contributed by atoms with E-state index < -0.39 is 5.97 Å². The average Bonchev–Trinajstić information content (AvgIpc) is 2.00. The van der Waals surface area contributed by atoms with Crippen LogP contribution in [0.3, 0.4) is 0 Å². The largest absolute Gasteiger partial charge is 0.477 e. The summed E-state index contributed by atoms with van der Waals surface area (Å²) >= 11 is 2.99. The monoisotopic (exact) mass is 234 g/mol. The minimum atomic E-state index is -0.901. The number of hydrogen-bond acceptors (Lipinski definition) is 1. The minimum Gasteiger partial charge on any atom is -0.477 e. The van der Waals surface area contributed by atoms with Crippen molar-refractivity contribution in [2.75, 3.05) is 0 Å². The third-order valence-electron chi connectivity index (χ3n) is 2.00. The summed E-state index contributed by atoms with van der Waals surface area (Å²) in [6.07, 6.45) is 3.55. The van der Waals surface area contributed by atoms with Gasteiger partial charge in [-0.2, -0.15) is 0 Å². The van der Waals surface area contributed by atoms with Crippen LogP contribution in [0.1, 0.15) is 33.6 Å². The second-order valence-corrected chi connectivity index (χ2v) is 4.43. The molecule has 0 aliphatic rings. The molecule has 0 saturated carbocycles. The highest BCUT2D eigenvalue weighted by Crippen LogP contribution is 2.26. The summed E-state index contributed by atoms with van der Waals surface area (Å²) in [5.74, 6) is -0.901. The molecule has 0 aromatic heterocycles. The van der Waals surface area contributed by atoms with Crippen molar-refractivity contribution < 1.29 is 9.90 Å². The van der Waals surface area contributed by atoms with Crippen molar-refractivity contribution >= 4 is 21.9 Å². The van der Waals surface area contributed by atoms with E-state index >= 15 is 0 Å². The van der Waals surface area contributed by atoms with Crippen molar-refractivity contribution in [3.8, 4) is 0 Å². The molecule has 0 rings (SSSR count). The maximum atomic E-state index is 10.4. The van der Waals surface area contributed by atoms with Gasteiger partial charge in [0, 0.05) is 0 Å². The molecular formula is C9H15BrO2. The first-order valence-electron chi connectivity index (χ1n) is 3.98. The van der Waals surface area contributed by atoms with E-state index in [0.717, 1.165) is 12.8 Å². The van der Waals surface area contributed by atoms with Crippen molar-refractivity contribution in [3.63, 3.8) is 0 Å². The highest BCUT2D eigenvalue weighted by Gasteiger charge is 2.14. The van der Waals surface area contributed by atoms with E-state index in [4.69, 9.17) is 5.11 Å². The van der Waals surface area contributed by atoms with Crippen LogP contribution in [-0.2, 0) is 4.79 Å². The van der Waals surface area contributed by atoms with Crippen LogP contribution in [0.25, 0.3) is 0 Å². The summed E-state index contributed by atoms with van der Waals surface area (Å²) in [4.78, 5) is 10.4. The van der Waals surface area contributed by atoms with Gasteiger partial charge in [0.15, 0.2) is 0 Å². The molecule has 0 atom stereocenters. The summed E-state index contributed by atoms with van der Waals surface area (Å²) < 4.78 is 0.254. The Morgan fingerprint density at radius 3 is 2.42 bits per heavy atom. The van der Waals surface area contributed by atoms with Crippen LogP contribution >= 0.6 is 15.9 Å². The lowest BCUT2D eigenvalue weighted by Gasteiger charge is -2.19. The third-order valence-corrected chi connectivity index (χ3v) is 2.66. The van der Waals surface area contributed by atoms with Gasteiger partial charge in [0.05, 0.1) is 4.48 Å². The molecular weight excluding hydrogens is 220 g/mol. The average molecular weight is 235 g/mol. The molecule has 3 heteroatoms. The Hall–Kier alpha value is -0.310. The van der Waals surface area contributed by atoms with Gasteiger partial charge in [0.25, 0.3) is 0 Å². The van der Waals surface area contributed by atoms with Crippen LogP contribution in [0.2, 0.25) is 0 Å². The lowest BCUT2D eigenvalue weighted by Crippen LogP contribution is -2.08. The van der Waals surface area contributed by atoms with E-state index in [0.29, 0.717) is 0 Å². The van der Waals surface area contributed by atoms with E-state index in [-0.39, 0.29) is 9.90 Å². The number of halogens is 1. The molecule has 2 nitrogen and oxygen atoms in total. The number of carboxylic acid groups (broad SMARTS) is 1. The molecule has 0 saturated heterocycles. The molecule has 0 spiro atoms. The van der Waals surface area contributed by atoms with E-state index in [1.807, 2.05) is 0 Å². The molecule has 0 radical (unpaired) electrons. The molecule has 1 N–H and O–H groups in total. The van der Waals surface area contributed by atoms with Crippen molar-refractivity contribution in [2.24, 2.45) is 5.41 Å². The van der Waals surface area contributed by atoms with E-state index in [1.54, 1.807) is 6.08 Å². The molecule has 0 aliphatic heterocycles. The number of aliphatic carboxylic acids is 1. The molecule has 0 amide bonds. The van der Waals surface area contributed by atoms with Gasteiger partial charge in [0.1, 0.15) is 0 Å². The summed E-state index contributed by atoms with van der Waals surface area (Å²) in [6.45, 7) is 6.33. The van der Waals surface area contributed by atoms with E-state index in [2.05, 4.69) is 36.7 Å². The first-order chi connectivity index (χ1) is 5.39. The zero-order valence-electron chi connectivity index (χ0n) is 7.72. The Morgan fingerprint density at radius 1 is 1.58 bits per heavy atom. The summed E-state index contributed by atoms with van der Waals surface area (Å²) in [5, 5.41) is 8.54. The van der Waals surface area contributed by atoms with Gasteiger partial charge < -0.3 is 5.11 Å². The second-order valence-electron chi connectivity index (χ2n) is 3.58. The number of carbonyl (C=O) groups is 1. The Labute approximate surface area is 81.8 Å². The Morgan fingerprint density at radius 2 is 2.08 bits per heavy atom. The Balaban J connectivity index is 4.13. The predicted octanol–water partition coefficient (Wildman–Crippen LogP) is 3.18. The molecule has 0 aromatic rings. The van der Waals surface area contributed by atoms with E-state index in [9.17, 15) is 4.79 Å². The zero-order chi connectivity index (χ0) is 9.78. The highest BCUT2D eigenvalue weighted by atomic mass is 79.9. The van der Waals surface area contributed by atoms with Crippen molar-refractivity contribution in [1.29, 1.82) is 0 Å². The van der Waals surface area contributed by atoms with Crippen molar-refractivity contribution in [1.82, 2.24) is 0 Å². The van der Waals surface area contributed by atoms with Crippen LogP contribution in [-0.4, -0.2) is 11.1 Å². The van der Waals surface area contributed by atoms with Crippen LogP contribution < -0.4 is 0 Å². The molecule has 0 heterocycles. The standard InChI is InChI=1S/C9H15BrO2/c1-4-9(2,3)6-5-7(10)8(11)12/h5H,4,6H2,1-3H3,(H,11,12). The van der Waals surface area contributed by atoms with Gasteiger partial charge in [-0.25, -0.2) is 4.79 Å². The molecule has 12 heavy (non-hydrogen) atoms. The van der Waals surface area contributed by atoms with Crippen LogP contribution in [0.4, 0.5) is 0 Å². The zero-order valence-corrected chi connectivity index (χ0v) is 9.31. The normalized spacial score (nSPS) is 13.2. The maximum absolute atomic E-state index is 10.4. The Bertz CT molecular complexity index is 195. The molecule has 0 bridgehead atoms. The van der Waals surface area contributed by atoms with Crippen LogP contribution in [0, 0.1) is 5.41 Å². The lowest BCUT2D eigenvalue weighted by molar-refractivity contribution is -0.131. The molecule has 0 aliphatic carbocycles. The molecule has 70 valence electrons. The van der Waals surface area contributed by atoms with Crippen molar-refractivity contribution in [3.05, 3.63) is 10.6 Å². The first kappa shape index (κ1) is 11.7.